The molecule has 0 aliphatic heterocycles. The van der Waals surface area contributed by atoms with Crippen LogP contribution in [0.3, 0.4) is 0 Å². The van der Waals surface area contributed by atoms with Gasteiger partial charge in [-0.2, -0.15) is 4.98 Å². The molecule has 3 N–H and O–H groups in total. The molecule has 0 amide bonds. The first-order valence-corrected chi connectivity index (χ1v) is 5.27. The third-order valence-corrected chi connectivity index (χ3v) is 2.49. The molecule has 3 rings (SSSR count). The summed E-state index contributed by atoms with van der Waals surface area (Å²) in [6, 6.07) is 7.92. The first-order valence-electron chi connectivity index (χ1n) is 5.27. The molecule has 3 aromatic rings. The minimum absolute atomic E-state index is 0.122. The molecule has 18 heavy (non-hydrogen) atoms. The maximum absolute atomic E-state index is 13.7. The summed E-state index contributed by atoms with van der Waals surface area (Å²) in [7, 11) is 0. The highest BCUT2D eigenvalue weighted by Gasteiger charge is 2.14. The van der Waals surface area contributed by atoms with E-state index in [9.17, 15) is 4.39 Å². The molecular weight excluding hydrogens is 235 g/mol. The van der Waals surface area contributed by atoms with E-state index in [0.29, 0.717) is 17.2 Å². The molecule has 0 aliphatic carbocycles. The number of anilines is 1. The summed E-state index contributed by atoms with van der Waals surface area (Å²) in [6.45, 7) is 0. The van der Waals surface area contributed by atoms with Gasteiger partial charge in [0.25, 0.3) is 5.89 Å². The quantitative estimate of drug-likeness (QED) is 0.678. The lowest BCUT2D eigenvalue weighted by Crippen LogP contribution is -1.89. The van der Waals surface area contributed by atoms with Crippen LogP contribution in [0, 0.1) is 5.82 Å². The number of H-pyrrole nitrogens is 1. The Hall–Kier alpha value is -2.63. The van der Waals surface area contributed by atoms with Crippen molar-refractivity contribution in [3.63, 3.8) is 0 Å². The number of rotatable bonds is 2. The van der Waals surface area contributed by atoms with E-state index in [2.05, 4.69) is 15.1 Å². The average Bonchev–Trinajstić information content (AvgIpc) is 2.99. The summed E-state index contributed by atoms with van der Waals surface area (Å²) in [6.07, 6.45) is 1.75. The Bertz CT molecular complexity index is 675. The smallest absolute Gasteiger partial charge is 0.261 e. The van der Waals surface area contributed by atoms with Gasteiger partial charge in [-0.3, -0.25) is 0 Å². The second-order valence-corrected chi connectivity index (χ2v) is 3.75. The Morgan fingerprint density at radius 1 is 1.28 bits per heavy atom. The normalized spacial score (nSPS) is 10.7. The predicted molar refractivity (Wildman–Crippen MR) is 63.9 cm³/mol. The van der Waals surface area contributed by atoms with Crippen LogP contribution in [-0.2, 0) is 0 Å². The lowest BCUT2D eigenvalue weighted by molar-refractivity contribution is 0.429. The molecule has 0 aliphatic rings. The van der Waals surface area contributed by atoms with Crippen LogP contribution in [0.2, 0.25) is 0 Å². The van der Waals surface area contributed by atoms with E-state index in [1.54, 1.807) is 18.3 Å². The van der Waals surface area contributed by atoms with E-state index in [0.717, 1.165) is 0 Å². The fraction of sp³-hybridized carbons (Fsp3) is 0. The molecule has 0 saturated carbocycles. The van der Waals surface area contributed by atoms with Crippen LogP contribution in [0.5, 0.6) is 0 Å². The first-order chi connectivity index (χ1) is 8.74. The zero-order valence-electron chi connectivity index (χ0n) is 9.22. The highest BCUT2D eigenvalue weighted by molar-refractivity contribution is 5.60. The van der Waals surface area contributed by atoms with Crippen LogP contribution in [0.25, 0.3) is 23.0 Å². The highest BCUT2D eigenvalue weighted by Crippen LogP contribution is 2.24. The number of aromatic amines is 1. The van der Waals surface area contributed by atoms with Gasteiger partial charge in [0.15, 0.2) is 0 Å². The number of hydrogen-bond donors (Lipinski definition) is 2. The molecule has 0 bridgehead atoms. The van der Waals surface area contributed by atoms with Gasteiger partial charge in [0, 0.05) is 11.9 Å². The van der Waals surface area contributed by atoms with Crippen molar-refractivity contribution in [2.24, 2.45) is 0 Å². The fourth-order valence-corrected chi connectivity index (χ4v) is 1.62. The van der Waals surface area contributed by atoms with Gasteiger partial charge in [-0.25, -0.2) is 4.39 Å². The lowest BCUT2D eigenvalue weighted by atomic mass is 10.2. The number of nitrogens with zero attached hydrogens (tertiary/aromatic N) is 2. The number of nitrogens with two attached hydrogens (primary N) is 1. The monoisotopic (exact) mass is 244 g/mol. The maximum Gasteiger partial charge on any atom is 0.261 e. The van der Waals surface area contributed by atoms with Gasteiger partial charge < -0.3 is 15.2 Å². The second-order valence-electron chi connectivity index (χ2n) is 3.75. The summed E-state index contributed by atoms with van der Waals surface area (Å²) < 4.78 is 18.7. The van der Waals surface area contributed by atoms with Crippen molar-refractivity contribution in [3.8, 4) is 23.0 Å². The average molecular weight is 244 g/mol. The topological polar surface area (TPSA) is 80.7 Å². The molecule has 0 atom stereocenters. The van der Waals surface area contributed by atoms with Crippen molar-refractivity contribution in [3.05, 3.63) is 42.3 Å². The summed E-state index contributed by atoms with van der Waals surface area (Å²) >= 11 is 0. The number of nitrogen functional groups attached to an aromatic ring is 1. The molecule has 0 unspecified atom stereocenters. The van der Waals surface area contributed by atoms with E-state index in [1.165, 1.54) is 12.1 Å². The number of nitrogens with one attached hydrogen (secondary N) is 1. The van der Waals surface area contributed by atoms with Gasteiger partial charge >= 0.3 is 0 Å². The minimum Gasteiger partial charge on any atom is -0.399 e. The third kappa shape index (κ3) is 1.73. The Kier molecular flexibility index (Phi) is 2.33. The fourth-order valence-electron chi connectivity index (χ4n) is 1.62. The predicted octanol–water partition coefficient (Wildman–Crippen LogP) is 2.45. The van der Waals surface area contributed by atoms with Crippen molar-refractivity contribution in [1.82, 2.24) is 15.1 Å². The van der Waals surface area contributed by atoms with Crippen molar-refractivity contribution < 1.29 is 8.91 Å². The van der Waals surface area contributed by atoms with Crippen LogP contribution in [0.4, 0.5) is 10.1 Å². The van der Waals surface area contributed by atoms with Gasteiger partial charge in [-0.05, 0) is 30.3 Å². The molecule has 6 heteroatoms. The summed E-state index contributed by atoms with van der Waals surface area (Å²) in [5, 5.41) is 3.78. The molecule has 5 nitrogen and oxygen atoms in total. The Morgan fingerprint density at radius 3 is 2.89 bits per heavy atom. The number of benzene rings is 1. The molecule has 2 heterocycles. The van der Waals surface area contributed by atoms with E-state index < -0.39 is 5.82 Å². The zero-order valence-corrected chi connectivity index (χ0v) is 9.22. The summed E-state index contributed by atoms with van der Waals surface area (Å²) in [5.74, 6) is 0.0139. The lowest BCUT2D eigenvalue weighted by Gasteiger charge is -1.97. The van der Waals surface area contributed by atoms with E-state index in [-0.39, 0.29) is 11.5 Å². The van der Waals surface area contributed by atoms with E-state index in [4.69, 9.17) is 10.3 Å². The molecule has 0 fully saturated rings. The van der Waals surface area contributed by atoms with Crippen LogP contribution >= 0.6 is 0 Å². The van der Waals surface area contributed by atoms with Crippen molar-refractivity contribution in [1.29, 1.82) is 0 Å². The van der Waals surface area contributed by atoms with Gasteiger partial charge in [-0.1, -0.05) is 5.16 Å². The van der Waals surface area contributed by atoms with Crippen molar-refractivity contribution in [2.45, 2.75) is 0 Å². The Labute approximate surface area is 101 Å². The van der Waals surface area contributed by atoms with E-state index in [1.807, 2.05) is 6.07 Å². The van der Waals surface area contributed by atoms with Gasteiger partial charge in [0.05, 0.1) is 11.3 Å². The molecular formula is C12H9FN4O. The van der Waals surface area contributed by atoms with Crippen LogP contribution in [0.15, 0.2) is 41.1 Å². The van der Waals surface area contributed by atoms with Crippen LogP contribution < -0.4 is 5.73 Å². The zero-order chi connectivity index (χ0) is 12.5. The Balaban J connectivity index is 2.03. The molecule has 1 aromatic carbocycles. The van der Waals surface area contributed by atoms with Gasteiger partial charge in [0.2, 0.25) is 5.82 Å². The van der Waals surface area contributed by atoms with Gasteiger partial charge in [-0.15, -0.1) is 0 Å². The van der Waals surface area contributed by atoms with Crippen LogP contribution in [-0.4, -0.2) is 15.1 Å². The molecule has 0 saturated heterocycles. The first kappa shape index (κ1) is 10.5. The standard InChI is InChI=1S/C12H9FN4O/c13-9-6-7(14)3-4-8(9)12-16-11(17-18-12)10-2-1-5-15-10/h1-6,15H,14H2. The summed E-state index contributed by atoms with van der Waals surface area (Å²) in [4.78, 5) is 7.07. The number of halogens is 1. The molecule has 2 aromatic heterocycles. The molecule has 90 valence electrons. The van der Waals surface area contributed by atoms with Crippen molar-refractivity contribution in [2.75, 3.05) is 5.73 Å². The minimum atomic E-state index is -0.489. The highest BCUT2D eigenvalue weighted by atomic mass is 19.1. The largest absolute Gasteiger partial charge is 0.399 e. The molecule has 0 radical (unpaired) electrons. The second kappa shape index (κ2) is 3.99. The maximum atomic E-state index is 13.7. The number of aromatic nitrogens is 3. The van der Waals surface area contributed by atoms with Gasteiger partial charge in [0.1, 0.15) is 5.82 Å². The SMILES string of the molecule is Nc1ccc(-c2nc(-c3ccc[nH]3)no2)c(F)c1. The van der Waals surface area contributed by atoms with Crippen LogP contribution in [0.1, 0.15) is 0 Å². The molecule has 0 spiro atoms. The third-order valence-electron chi connectivity index (χ3n) is 2.49. The van der Waals surface area contributed by atoms with Crippen molar-refractivity contribution >= 4 is 5.69 Å². The van der Waals surface area contributed by atoms with E-state index >= 15 is 0 Å². The number of hydrogen-bond acceptors (Lipinski definition) is 4. The Morgan fingerprint density at radius 2 is 2.17 bits per heavy atom. The summed E-state index contributed by atoms with van der Waals surface area (Å²) in [5.41, 5.74) is 6.76.